The maximum Gasteiger partial charge on any atom is 0.249 e. The Labute approximate surface area is 134 Å². The molecule has 1 aromatic carbocycles. The van der Waals surface area contributed by atoms with Crippen LogP contribution in [0.1, 0.15) is 45.0 Å². The monoisotopic (exact) mass is 317 g/mol. The van der Waals surface area contributed by atoms with E-state index in [1.807, 2.05) is 18.7 Å². The van der Waals surface area contributed by atoms with Gasteiger partial charge >= 0.3 is 0 Å². The van der Waals surface area contributed by atoms with Crippen molar-refractivity contribution in [1.29, 1.82) is 0 Å². The predicted octanol–water partition coefficient (Wildman–Crippen LogP) is 3.59. The molecule has 0 aliphatic carbocycles. The molecule has 0 spiro atoms. The van der Waals surface area contributed by atoms with Gasteiger partial charge in [-0.25, -0.2) is 4.39 Å². The van der Waals surface area contributed by atoms with Crippen LogP contribution in [0.25, 0.3) is 11.4 Å². The van der Waals surface area contributed by atoms with Crippen molar-refractivity contribution in [3.63, 3.8) is 0 Å². The van der Waals surface area contributed by atoms with E-state index in [0.29, 0.717) is 17.3 Å². The van der Waals surface area contributed by atoms with E-state index in [4.69, 9.17) is 4.52 Å². The average Bonchev–Trinajstić information content (AvgIpc) is 3.04. The smallest absolute Gasteiger partial charge is 0.249 e. The molecule has 2 aromatic rings. The lowest BCUT2D eigenvalue weighted by molar-refractivity contribution is -0.139. The fourth-order valence-electron chi connectivity index (χ4n) is 2.87. The molecule has 3 rings (SSSR count). The third-order valence-corrected chi connectivity index (χ3v) is 4.11. The molecule has 1 atom stereocenters. The van der Waals surface area contributed by atoms with Gasteiger partial charge < -0.3 is 9.42 Å². The molecule has 1 saturated heterocycles. The Balaban J connectivity index is 1.85. The second-order valence-corrected chi connectivity index (χ2v) is 6.16. The Kier molecular flexibility index (Phi) is 4.41. The van der Waals surface area contributed by atoms with Crippen LogP contribution in [0.4, 0.5) is 4.39 Å². The minimum Gasteiger partial charge on any atom is -0.337 e. The predicted molar refractivity (Wildman–Crippen MR) is 82.8 cm³/mol. The van der Waals surface area contributed by atoms with Crippen LogP contribution < -0.4 is 0 Å². The molecule has 122 valence electrons. The molecule has 1 aromatic heterocycles. The average molecular weight is 317 g/mol. The largest absolute Gasteiger partial charge is 0.337 e. The first kappa shape index (κ1) is 15.6. The molecule has 1 aliphatic heterocycles. The number of hydrogen-bond acceptors (Lipinski definition) is 4. The highest BCUT2D eigenvalue weighted by Crippen LogP contribution is 2.32. The lowest BCUT2D eigenvalue weighted by Gasteiger charge is -2.34. The van der Waals surface area contributed by atoms with Gasteiger partial charge in [0.1, 0.15) is 11.9 Å². The van der Waals surface area contributed by atoms with Crippen LogP contribution in [0.2, 0.25) is 0 Å². The highest BCUT2D eigenvalue weighted by molar-refractivity contribution is 5.78. The quantitative estimate of drug-likeness (QED) is 0.868. The van der Waals surface area contributed by atoms with E-state index in [9.17, 15) is 9.18 Å². The van der Waals surface area contributed by atoms with Crippen LogP contribution in [0, 0.1) is 11.7 Å². The number of piperidine rings is 1. The second-order valence-electron chi connectivity index (χ2n) is 6.16. The summed E-state index contributed by atoms with van der Waals surface area (Å²) in [4.78, 5) is 18.7. The molecular formula is C17H20FN3O2. The fraction of sp³-hybridized carbons (Fsp3) is 0.471. The first-order valence-corrected chi connectivity index (χ1v) is 7.96. The van der Waals surface area contributed by atoms with Gasteiger partial charge in [0.2, 0.25) is 17.6 Å². The van der Waals surface area contributed by atoms with E-state index < -0.39 is 0 Å². The zero-order valence-electron chi connectivity index (χ0n) is 13.3. The van der Waals surface area contributed by atoms with Gasteiger partial charge in [0.05, 0.1) is 0 Å². The third kappa shape index (κ3) is 3.25. The Bertz CT molecular complexity index is 681. The summed E-state index contributed by atoms with van der Waals surface area (Å²) in [5.74, 6) is 0.616. The van der Waals surface area contributed by atoms with Crippen molar-refractivity contribution in [3.8, 4) is 11.4 Å². The fourth-order valence-corrected chi connectivity index (χ4v) is 2.87. The summed E-state index contributed by atoms with van der Waals surface area (Å²) in [7, 11) is 0. The SMILES string of the molecule is CC(C)C(=O)N1CCCC[C@@H]1c1nc(-c2ccc(F)cc2)no1. The third-order valence-electron chi connectivity index (χ3n) is 4.11. The minimum atomic E-state index is -0.307. The van der Waals surface area contributed by atoms with Crippen molar-refractivity contribution in [3.05, 3.63) is 36.0 Å². The number of halogens is 1. The van der Waals surface area contributed by atoms with Gasteiger partial charge in [0, 0.05) is 18.0 Å². The van der Waals surface area contributed by atoms with Gasteiger partial charge in [-0.2, -0.15) is 4.98 Å². The maximum atomic E-state index is 13.0. The lowest BCUT2D eigenvalue weighted by atomic mass is 10.00. The summed E-state index contributed by atoms with van der Waals surface area (Å²) >= 11 is 0. The standard InChI is InChI=1S/C17H20FN3O2/c1-11(2)17(22)21-10-4-3-5-14(21)16-19-15(20-23-16)12-6-8-13(18)9-7-12/h6-9,11,14H,3-5,10H2,1-2H3/t14-/m1/s1. The molecule has 5 nitrogen and oxygen atoms in total. The highest BCUT2D eigenvalue weighted by Gasteiger charge is 2.33. The molecule has 6 heteroatoms. The second kappa shape index (κ2) is 6.48. The molecule has 23 heavy (non-hydrogen) atoms. The topological polar surface area (TPSA) is 59.2 Å². The number of carbonyl (C=O) groups is 1. The Hall–Kier alpha value is -2.24. The van der Waals surface area contributed by atoms with Crippen LogP contribution in [0.5, 0.6) is 0 Å². The van der Waals surface area contributed by atoms with Gasteiger partial charge in [-0.05, 0) is 43.5 Å². The van der Waals surface area contributed by atoms with Crippen molar-refractivity contribution >= 4 is 5.91 Å². The number of hydrogen-bond donors (Lipinski definition) is 0. The van der Waals surface area contributed by atoms with Crippen molar-refractivity contribution in [1.82, 2.24) is 15.0 Å². The molecule has 1 aliphatic rings. The van der Waals surface area contributed by atoms with E-state index in [2.05, 4.69) is 10.1 Å². The van der Waals surface area contributed by atoms with Crippen LogP contribution in [0.3, 0.4) is 0 Å². The van der Waals surface area contributed by atoms with E-state index in [1.165, 1.54) is 12.1 Å². The Morgan fingerprint density at radius 2 is 2.04 bits per heavy atom. The van der Waals surface area contributed by atoms with E-state index in [1.54, 1.807) is 12.1 Å². The summed E-state index contributed by atoms with van der Waals surface area (Å²) < 4.78 is 18.4. The van der Waals surface area contributed by atoms with Gasteiger partial charge in [-0.3, -0.25) is 4.79 Å². The number of likely N-dealkylation sites (tertiary alicyclic amines) is 1. The molecular weight excluding hydrogens is 297 g/mol. The van der Waals surface area contributed by atoms with Crippen molar-refractivity contribution < 1.29 is 13.7 Å². The molecule has 0 bridgehead atoms. The van der Waals surface area contributed by atoms with Crippen LogP contribution in [-0.4, -0.2) is 27.5 Å². The summed E-state index contributed by atoms with van der Waals surface area (Å²) in [6, 6.07) is 5.78. The van der Waals surface area contributed by atoms with Gasteiger partial charge in [-0.15, -0.1) is 0 Å². The molecule has 1 amide bonds. The number of carbonyl (C=O) groups excluding carboxylic acids is 1. The first-order chi connectivity index (χ1) is 11.1. The minimum absolute atomic E-state index is 0.0601. The van der Waals surface area contributed by atoms with E-state index in [0.717, 1.165) is 25.8 Å². The van der Waals surface area contributed by atoms with E-state index in [-0.39, 0.29) is 23.7 Å². The van der Waals surface area contributed by atoms with Crippen molar-refractivity contribution in [2.24, 2.45) is 5.92 Å². The highest BCUT2D eigenvalue weighted by atomic mass is 19.1. The van der Waals surface area contributed by atoms with Crippen molar-refractivity contribution in [2.75, 3.05) is 6.54 Å². The summed E-state index contributed by atoms with van der Waals surface area (Å²) in [5, 5.41) is 3.98. The maximum absolute atomic E-state index is 13.0. The summed E-state index contributed by atoms with van der Waals surface area (Å²) in [6.07, 6.45) is 2.85. The lowest BCUT2D eigenvalue weighted by Crippen LogP contribution is -2.40. The van der Waals surface area contributed by atoms with Crippen LogP contribution in [-0.2, 0) is 4.79 Å². The molecule has 0 unspecified atom stereocenters. The molecule has 1 fully saturated rings. The number of benzene rings is 1. The summed E-state index contributed by atoms with van der Waals surface area (Å²) in [5.41, 5.74) is 0.693. The molecule has 2 heterocycles. The van der Waals surface area contributed by atoms with Crippen molar-refractivity contribution in [2.45, 2.75) is 39.2 Å². The van der Waals surface area contributed by atoms with Gasteiger partial charge in [-0.1, -0.05) is 19.0 Å². The zero-order chi connectivity index (χ0) is 16.4. The van der Waals surface area contributed by atoms with E-state index >= 15 is 0 Å². The first-order valence-electron chi connectivity index (χ1n) is 7.96. The molecule has 0 saturated carbocycles. The Morgan fingerprint density at radius 1 is 1.30 bits per heavy atom. The van der Waals surface area contributed by atoms with Crippen LogP contribution in [0.15, 0.2) is 28.8 Å². The molecule has 0 N–H and O–H groups in total. The number of nitrogens with zero attached hydrogens (tertiary/aromatic N) is 3. The van der Waals surface area contributed by atoms with Crippen LogP contribution >= 0.6 is 0 Å². The van der Waals surface area contributed by atoms with Gasteiger partial charge in [0.25, 0.3) is 0 Å². The normalized spacial score (nSPS) is 18.4. The Morgan fingerprint density at radius 3 is 2.74 bits per heavy atom. The number of aromatic nitrogens is 2. The van der Waals surface area contributed by atoms with Gasteiger partial charge in [0.15, 0.2) is 0 Å². The molecule has 0 radical (unpaired) electrons. The zero-order valence-corrected chi connectivity index (χ0v) is 13.3. The number of rotatable bonds is 3. The number of amides is 1. The summed E-state index contributed by atoms with van der Waals surface area (Å²) in [6.45, 7) is 4.51.